The van der Waals surface area contributed by atoms with Crippen LogP contribution in [0.3, 0.4) is 0 Å². The fourth-order valence-corrected chi connectivity index (χ4v) is 4.84. The molecular weight excluding hydrogens is 450 g/mol. The number of hydrogen-bond donors (Lipinski definition) is 0. The van der Waals surface area contributed by atoms with Gasteiger partial charge in [0.05, 0.1) is 25.7 Å². The van der Waals surface area contributed by atoms with Crippen LogP contribution in [0.15, 0.2) is 67.5 Å². The number of ether oxygens (including phenoxy) is 1. The second kappa shape index (κ2) is 10.9. The van der Waals surface area contributed by atoms with Gasteiger partial charge in [-0.05, 0) is 49.2 Å². The summed E-state index contributed by atoms with van der Waals surface area (Å²) in [6.45, 7) is 3.70. The van der Waals surface area contributed by atoms with Crippen molar-refractivity contribution in [3.8, 4) is 17.1 Å². The molecular formula is C28H33N7O. The van der Waals surface area contributed by atoms with E-state index in [2.05, 4.69) is 43.7 Å². The highest BCUT2D eigenvalue weighted by Gasteiger charge is 2.24. The van der Waals surface area contributed by atoms with E-state index in [0.29, 0.717) is 5.92 Å². The van der Waals surface area contributed by atoms with E-state index in [0.717, 1.165) is 73.2 Å². The van der Waals surface area contributed by atoms with Gasteiger partial charge in [-0.3, -0.25) is 9.88 Å². The second-order valence-corrected chi connectivity index (χ2v) is 9.57. The Morgan fingerprint density at radius 1 is 1.06 bits per heavy atom. The number of nitrogens with zero attached hydrogens (tertiary/aromatic N) is 7. The molecule has 0 N–H and O–H groups in total. The van der Waals surface area contributed by atoms with Crippen LogP contribution in [0, 0.1) is 0 Å². The first kappa shape index (κ1) is 23.9. The molecule has 0 amide bonds. The molecule has 36 heavy (non-hydrogen) atoms. The van der Waals surface area contributed by atoms with E-state index in [9.17, 15) is 0 Å². The van der Waals surface area contributed by atoms with Gasteiger partial charge in [-0.15, -0.1) is 0 Å². The van der Waals surface area contributed by atoms with Crippen molar-refractivity contribution in [1.29, 1.82) is 0 Å². The fraction of sp³-hybridized carbons (Fsp3) is 0.357. The Bertz CT molecular complexity index is 1270. The summed E-state index contributed by atoms with van der Waals surface area (Å²) in [5.74, 6) is 2.93. The number of likely N-dealkylation sites (tertiary alicyclic amines) is 1. The van der Waals surface area contributed by atoms with Crippen LogP contribution in [-0.4, -0.2) is 63.7 Å². The molecule has 0 aliphatic carbocycles. The number of imidazole rings is 1. The molecule has 0 saturated carbocycles. The van der Waals surface area contributed by atoms with Crippen molar-refractivity contribution in [2.45, 2.75) is 31.8 Å². The van der Waals surface area contributed by atoms with Gasteiger partial charge in [0.2, 0.25) is 0 Å². The molecule has 8 heteroatoms. The van der Waals surface area contributed by atoms with Crippen LogP contribution < -0.4 is 9.64 Å². The van der Waals surface area contributed by atoms with Gasteiger partial charge in [0.15, 0.2) is 5.82 Å². The van der Waals surface area contributed by atoms with Crippen molar-refractivity contribution in [3.05, 3.63) is 84.3 Å². The normalized spacial score (nSPS) is 16.1. The van der Waals surface area contributed by atoms with Gasteiger partial charge in [-0.1, -0.05) is 6.07 Å². The highest BCUT2D eigenvalue weighted by molar-refractivity contribution is 5.57. The molecule has 0 spiro atoms. The molecule has 4 aromatic rings. The smallest absolute Gasteiger partial charge is 0.163 e. The number of rotatable bonds is 8. The molecule has 1 aliphatic rings. The Morgan fingerprint density at radius 2 is 1.97 bits per heavy atom. The summed E-state index contributed by atoms with van der Waals surface area (Å²) in [7, 11) is 5.78. The van der Waals surface area contributed by atoms with Crippen LogP contribution in [0.1, 0.15) is 35.6 Å². The van der Waals surface area contributed by atoms with E-state index in [4.69, 9.17) is 14.7 Å². The van der Waals surface area contributed by atoms with Crippen LogP contribution in [0.5, 0.6) is 5.75 Å². The lowest BCUT2D eigenvalue weighted by Gasteiger charge is -2.33. The molecule has 0 bridgehead atoms. The lowest BCUT2D eigenvalue weighted by atomic mass is 9.93. The molecule has 1 aliphatic heterocycles. The zero-order valence-electron chi connectivity index (χ0n) is 21.2. The first-order chi connectivity index (χ1) is 17.6. The summed E-state index contributed by atoms with van der Waals surface area (Å²) >= 11 is 0. The predicted octanol–water partition coefficient (Wildman–Crippen LogP) is 4.24. The first-order valence-electron chi connectivity index (χ1n) is 12.4. The lowest BCUT2D eigenvalue weighted by Crippen LogP contribution is -2.34. The number of pyridine rings is 1. The first-order valence-corrected chi connectivity index (χ1v) is 12.4. The van der Waals surface area contributed by atoms with Gasteiger partial charge in [-0.25, -0.2) is 15.0 Å². The van der Waals surface area contributed by atoms with Crippen LogP contribution in [0.4, 0.5) is 5.82 Å². The topological polar surface area (TPSA) is 72.2 Å². The van der Waals surface area contributed by atoms with E-state index in [-0.39, 0.29) is 0 Å². The van der Waals surface area contributed by atoms with Crippen LogP contribution in [0.2, 0.25) is 0 Å². The van der Waals surface area contributed by atoms with Gasteiger partial charge < -0.3 is 14.2 Å². The minimum absolute atomic E-state index is 0.361. The molecule has 0 unspecified atom stereocenters. The summed E-state index contributed by atoms with van der Waals surface area (Å²) in [5.41, 5.74) is 4.50. The van der Waals surface area contributed by atoms with Crippen molar-refractivity contribution in [2.24, 2.45) is 0 Å². The van der Waals surface area contributed by atoms with Gasteiger partial charge in [0.1, 0.15) is 11.6 Å². The number of methoxy groups -OCH3 is 1. The molecule has 4 heterocycles. The summed E-state index contributed by atoms with van der Waals surface area (Å²) in [6, 6.07) is 12.6. The molecule has 8 nitrogen and oxygen atoms in total. The van der Waals surface area contributed by atoms with Gasteiger partial charge in [0.25, 0.3) is 0 Å². The van der Waals surface area contributed by atoms with E-state index >= 15 is 0 Å². The maximum atomic E-state index is 5.62. The van der Waals surface area contributed by atoms with E-state index in [1.165, 1.54) is 5.56 Å². The third kappa shape index (κ3) is 5.54. The standard InChI is InChI=1S/C28H33N7O/c1-33(2)27-15-25(31-28(32-27)22-6-4-10-29-16-22)23-7-5-12-34(18-23)17-21-8-9-26(36-3)24(14-21)19-35-13-11-30-20-35/h4,6,8-11,13-16,20,23H,5,7,12,17-19H2,1-3H3/t23-/m0/s1. The minimum atomic E-state index is 0.361. The zero-order chi connectivity index (χ0) is 24.9. The SMILES string of the molecule is COc1ccc(CN2CCC[C@H](c3cc(N(C)C)nc(-c4cccnc4)n3)C2)cc1Cn1ccnc1. The third-order valence-corrected chi connectivity index (χ3v) is 6.70. The summed E-state index contributed by atoms with van der Waals surface area (Å²) in [6.07, 6.45) is 11.5. The molecule has 3 aromatic heterocycles. The molecule has 1 saturated heterocycles. The fourth-order valence-electron chi connectivity index (χ4n) is 4.84. The molecule has 1 aromatic carbocycles. The largest absolute Gasteiger partial charge is 0.496 e. The minimum Gasteiger partial charge on any atom is -0.496 e. The molecule has 186 valence electrons. The zero-order valence-corrected chi connectivity index (χ0v) is 21.2. The summed E-state index contributed by atoms with van der Waals surface area (Å²) in [5, 5.41) is 0. The molecule has 5 rings (SSSR count). The van der Waals surface area contributed by atoms with Gasteiger partial charge in [-0.2, -0.15) is 0 Å². The highest BCUT2D eigenvalue weighted by Crippen LogP contribution is 2.30. The number of anilines is 1. The Balaban J connectivity index is 1.35. The van der Waals surface area contributed by atoms with E-state index in [1.54, 1.807) is 19.5 Å². The van der Waals surface area contributed by atoms with Crippen molar-refractivity contribution >= 4 is 5.82 Å². The number of piperidine rings is 1. The molecule has 1 atom stereocenters. The van der Waals surface area contributed by atoms with Crippen molar-refractivity contribution < 1.29 is 4.74 Å². The van der Waals surface area contributed by atoms with Crippen LogP contribution >= 0.6 is 0 Å². The van der Waals surface area contributed by atoms with Crippen molar-refractivity contribution in [2.75, 3.05) is 39.2 Å². The van der Waals surface area contributed by atoms with Crippen molar-refractivity contribution in [1.82, 2.24) is 29.4 Å². The van der Waals surface area contributed by atoms with E-state index < -0.39 is 0 Å². The predicted molar refractivity (Wildman–Crippen MR) is 141 cm³/mol. The van der Waals surface area contributed by atoms with E-state index in [1.807, 2.05) is 49.8 Å². The van der Waals surface area contributed by atoms with Crippen LogP contribution in [-0.2, 0) is 13.1 Å². The average Bonchev–Trinajstić information content (AvgIpc) is 3.42. The molecule has 1 fully saturated rings. The Kier molecular flexibility index (Phi) is 7.23. The third-order valence-electron chi connectivity index (χ3n) is 6.70. The number of benzene rings is 1. The maximum absolute atomic E-state index is 5.62. The number of hydrogen-bond acceptors (Lipinski definition) is 7. The Labute approximate surface area is 212 Å². The lowest BCUT2D eigenvalue weighted by molar-refractivity contribution is 0.198. The Morgan fingerprint density at radius 3 is 2.72 bits per heavy atom. The van der Waals surface area contributed by atoms with Crippen molar-refractivity contribution in [3.63, 3.8) is 0 Å². The summed E-state index contributed by atoms with van der Waals surface area (Å²) < 4.78 is 7.69. The van der Waals surface area contributed by atoms with Gasteiger partial charge >= 0.3 is 0 Å². The highest BCUT2D eigenvalue weighted by atomic mass is 16.5. The molecule has 0 radical (unpaired) electrons. The maximum Gasteiger partial charge on any atom is 0.163 e. The summed E-state index contributed by atoms with van der Waals surface area (Å²) in [4.78, 5) is 22.8. The van der Waals surface area contributed by atoms with Gasteiger partial charge in [0, 0.05) is 75.1 Å². The quantitative estimate of drug-likeness (QED) is 0.371. The van der Waals surface area contributed by atoms with Crippen LogP contribution in [0.25, 0.3) is 11.4 Å². The monoisotopic (exact) mass is 483 g/mol. The second-order valence-electron chi connectivity index (χ2n) is 9.57. The average molecular weight is 484 g/mol. The number of aromatic nitrogens is 5. The Hall–Kier alpha value is -3.78.